The van der Waals surface area contributed by atoms with Crippen LogP contribution in [-0.2, 0) is 0 Å². The Bertz CT molecular complexity index is 488. The molecule has 2 heteroatoms. The zero-order valence-corrected chi connectivity index (χ0v) is 13.5. The first-order valence-electron chi connectivity index (χ1n) is 8.10. The third-order valence-corrected chi connectivity index (χ3v) is 5.33. The van der Waals surface area contributed by atoms with Crippen LogP contribution in [0.2, 0.25) is 0 Å². The maximum Gasteiger partial charge on any atom is 0.0870 e. The Morgan fingerprint density at radius 1 is 1.15 bits per heavy atom. The van der Waals surface area contributed by atoms with Crippen LogP contribution in [0.5, 0.6) is 0 Å². The molecule has 1 aromatic carbocycles. The molecule has 4 atom stereocenters. The molecule has 2 aliphatic rings. The molecule has 110 valence electrons. The largest absolute Gasteiger partial charge is 0.369 e. The molecule has 4 unspecified atom stereocenters. The molecule has 1 fully saturated rings. The van der Waals surface area contributed by atoms with Crippen molar-refractivity contribution < 1.29 is 0 Å². The lowest BCUT2D eigenvalue weighted by molar-refractivity contribution is 0.139. The van der Waals surface area contributed by atoms with E-state index in [4.69, 9.17) is 0 Å². The van der Waals surface area contributed by atoms with E-state index in [1.165, 1.54) is 17.7 Å². The van der Waals surface area contributed by atoms with E-state index in [0.29, 0.717) is 29.5 Å². The Labute approximate surface area is 123 Å². The van der Waals surface area contributed by atoms with Crippen LogP contribution < -0.4 is 5.32 Å². The summed E-state index contributed by atoms with van der Waals surface area (Å²) in [5.74, 6) is 1.35. The van der Waals surface area contributed by atoms with Gasteiger partial charge in [0.2, 0.25) is 0 Å². The van der Waals surface area contributed by atoms with Gasteiger partial charge in [-0.3, -0.25) is 4.90 Å². The summed E-state index contributed by atoms with van der Waals surface area (Å²) in [6.45, 7) is 13.0. The molecule has 2 nitrogen and oxygen atoms in total. The molecule has 1 saturated heterocycles. The molecule has 0 radical (unpaired) electrons. The fourth-order valence-electron chi connectivity index (χ4n) is 4.70. The average Bonchev–Trinajstić information content (AvgIpc) is 2.90. The molecule has 20 heavy (non-hydrogen) atoms. The van der Waals surface area contributed by atoms with E-state index < -0.39 is 0 Å². The van der Waals surface area contributed by atoms with Gasteiger partial charge in [-0.2, -0.15) is 0 Å². The maximum atomic E-state index is 3.79. The zero-order chi connectivity index (χ0) is 14.5. The van der Waals surface area contributed by atoms with Crippen molar-refractivity contribution in [3.8, 4) is 0 Å². The minimum Gasteiger partial charge on any atom is -0.369 e. The fraction of sp³-hybridized carbons (Fsp3) is 0.667. The summed E-state index contributed by atoms with van der Waals surface area (Å²) >= 11 is 0. The second kappa shape index (κ2) is 4.77. The molecule has 3 rings (SSSR count). The van der Waals surface area contributed by atoms with E-state index in [1.54, 1.807) is 0 Å². The van der Waals surface area contributed by atoms with Crippen molar-refractivity contribution in [2.45, 2.75) is 59.2 Å². The summed E-state index contributed by atoms with van der Waals surface area (Å²) in [5.41, 5.74) is 3.23. The number of nitrogens with zero attached hydrogens (tertiary/aromatic N) is 1. The number of anilines is 1. The Hall–Kier alpha value is -1.02. The normalized spacial score (nSPS) is 32.9. The summed E-state index contributed by atoms with van der Waals surface area (Å²) in [4.78, 5) is 2.70. The molecule has 0 aromatic heterocycles. The number of likely N-dealkylation sites (tertiary alicyclic amines) is 1. The van der Waals surface area contributed by atoms with Crippen LogP contribution in [0.4, 0.5) is 5.69 Å². The summed E-state index contributed by atoms with van der Waals surface area (Å²) in [5, 5.41) is 3.79. The lowest BCUT2D eigenvalue weighted by atomic mass is 9.69. The third-order valence-electron chi connectivity index (χ3n) is 5.33. The van der Waals surface area contributed by atoms with Crippen molar-refractivity contribution in [2.24, 2.45) is 11.3 Å². The number of para-hydroxylation sites is 1. The van der Waals surface area contributed by atoms with E-state index in [2.05, 4.69) is 69.1 Å². The second-order valence-electron chi connectivity index (χ2n) is 7.40. The van der Waals surface area contributed by atoms with Crippen molar-refractivity contribution in [2.75, 3.05) is 11.9 Å². The molecule has 2 heterocycles. The minimum atomic E-state index is 0.340. The first-order valence-corrected chi connectivity index (χ1v) is 8.10. The minimum absolute atomic E-state index is 0.340. The first kappa shape index (κ1) is 13.9. The van der Waals surface area contributed by atoms with Crippen LogP contribution in [-0.4, -0.2) is 23.7 Å². The highest BCUT2D eigenvalue weighted by atomic mass is 15.3. The predicted octanol–water partition coefficient (Wildman–Crippen LogP) is 4.30. The Balaban J connectivity index is 2.08. The van der Waals surface area contributed by atoms with Crippen LogP contribution in [0.1, 0.15) is 52.5 Å². The monoisotopic (exact) mass is 272 g/mol. The van der Waals surface area contributed by atoms with E-state index in [9.17, 15) is 0 Å². The van der Waals surface area contributed by atoms with Crippen LogP contribution in [0.15, 0.2) is 24.3 Å². The molecule has 0 amide bonds. The first-order chi connectivity index (χ1) is 9.49. The average molecular weight is 272 g/mol. The Kier molecular flexibility index (Phi) is 3.32. The van der Waals surface area contributed by atoms with Gasteiger partial charge in [-0.15, -0.1) is 0 Å². The van der Waals surface area contributed by atoms with Crippen molar-refractivity contribution in [3.63, 3.8) is 0 Å². The number of likely N-dealkylation sites (N-methyl/N-ethyl adjacent to an activating group) is 1. The molecule has 0 saturated carbocycles. The maximum absolute atomic E-state index is 3.79. The fourth-order valence-corrected chi connectivity index (χ4v) is 4.70. The van der Waals surface area contributed by atoms with E-state index in [1.807, 2.05) is 0 Å². The van der Waals surface area contributed by atoms with Crippen molar-refractivity contribution >= 4 is 5.69 Å². The van der Waals surface area contributed by atoms with E-state index in [-0.39, 0.29) is 0 Å². The van der Waals surface area contributed by atoms with Gasteiger partial charge in [0.25, 0.3) is 0 Å². The van der Waals surface area contributed by atoms with Gasteiger partial charge in [0.05, 0.1) is 6.17 Å². The Morgan fingerprint density at radius 3 is 2.45 bits per heavy atom. The standard InChI is InChI=1S/C18H28N2/c1-6-14-16(18(3,4)5)15-12-10-8-9-11-13(12)19-17(15)20(14)7-2/h8-11,14-17,19H,6-7H2,1-5H3. The quantitative estimate of drug-likeness (QED) is 0.863. The topological polar surface area (TPSA) is 15.3 Å². The lowest BCUT2D eigenvalue weighted by Crippen LogP contribution is -2.41. The number of nitrogens with one attached hydrogen (secondary N) is 1. The van der Waals surface area contributed by atoms with Gasteiger partial charge >= 0.3 is 0 Å². The number of hydrogen-bond donors (Lipinski definition) is 1. The molecule has 1 aromatic rings. The summed E-state index contributed by atoms with van der Waals surface area (Å²) in [7, 11) is 0. The van der Waals surface area contributed by atoms with Crippen molar-refractivity contribution in [1.29, 1.82) is 0 Å². The summed E-state index contributed by atoms with van der Waals surface area (Å²) in [6.07, 6.45) is 1.73. The van der Waals surface area contributed by atoms with Crippen LogP contribution >= 0.6 is 0 Å². The number of benzene rings is 1. The van der Waals surface area contributed by atoms with Gasteiger partial charge < -0.3 is 5.32 Å². The highest BCUT2D eigenvalue weighted by Crippen LogP contribution is 2.55. The van der Waals surface area contributed by atoms with Gasteiger partial charge in [-0.05, 0) is 35.9 Å². The summed E-state index contributed by atoms with van der Waals surface area (Å²) in [6, 6.07) is 9.60. The molecule has 2 aliphatic heterocycles. The number of rotatable bonds is 2. The van der Waals surface area contributed by atoms with Crippen molar-refractivity contribution in [3.05, 3.63) is 29.8 Å². The van der Waals surface area contributed by atoms with Crippen LogP contribution in [0, 0.1) is 11.3 Å². The van der Waals surface area contributed by atoms with Gasteiger partial charge in [0.1, 0.15) is 0 Å². The zero-order valence-electron chi connectivity index (χ0n) is 13.5. The second-order valence-corrected chi connectivity index (χ2v) is 7.40. The number of fused-ring (bicyclic) bond motifs is 3. The van der Waals surface area contributed by atoms with E-state index in [0.717, 1.165) is 6.54 Å². The smallest absolute Gasteiger partial charge is 0.0870 e. The van der Waals surface area contributed by atoms with Gasteiger partial charge in [-0.1, -0.05) is 52.8 Å². The van der Waals surface area contributed by atoms with Gasteiger partial charge in [0.15, 0.2) is 0 Å². The third kappa shape index (κ3) is 1.88. The van der Waals surface area contributed by atoms with Crippen LogP contribution in [0.25, 0.3) is 0 Å². The molecule has 0 spiro atoms. The molecule has 0 bridgehead atoms. The SMILES string of the molecule is CCC1C(C(C)(C)C)C2c3ccccc3NC2N1CC. The number of hydrogen-bond acceptors (Lipinski definition) is 2. The van der Waals surface area contributed by atoms with Crippen molar-refractivity contribution in [1.82, 2.24) is 4.90 Å². The molecule has 1 N–H and O–H groups in total. The van der Waals surface area contributed by atoms with Gasteiger partial charge in [-0.25, -0.2) is 0 Å². The predicted molar refractivity (Wildman–Crippen MR) is 86.0 cm³/mol. The highest BCUT2D eigenvalue weighted by molar-refractivity contribution is 5.60. The van der Waals surface area contributed by atoms with Crippen LogP contribution in [0.3, 0.4) is 0 Å². The molecular formula is C18H28N2. The summed E-state index contributed by atoms with van der Waals surface area (Å²) < 4.78 is 0. The van der Waals surface area contributed by atoms with Gasteiger partial charge in [0, 0.05) is 17.6 Å². The molecule has 0 aliphatic carbocycles. The Morgan fingerprint density at radius 2 is 1.85 bits per heavy atom. The lowest BCUT2D eigenvalue weighted by Gasteiger charge is -2.37. The highest BCUT2D eigenvalue weighted by Gasteiger charge is 2.54. The molecular weight excluding hydrogens is 244 g/mol. The van der Waals surface area contributed by atoms with E-state index >= 15 is 0 Å².